The molecule has 0 atom stereocenters. The maximum absolute atomic E-state index is 6.25. The maximum atomic E-state index is 6.25. The molecule has 0 bridgehead atoms. The van der Waals surface area contributed by atoms with E-state index in [2.05, 4.69) is 50.3 Å². The van der Waals surface area contributed by atoms with Crippen molar-refractivity contribution in [3.8, 4) is 17.3 Å². The Morgan fingerprint density at radius 3 is 2.74 bits per heavy atom. The number of likely N-dealkylation sites (tertiary alicyclic amines) is 1. The summed E-state index contributed by atoms with van der Waals surface area (Å²) in [6.07, 6.45) is 7.55. The molecule has 0 spiro atoms. The molecule has 0 N–H and O–H groups in total. The first-order valence-electron chi connectivity index (χ1n) is 10.5. The number of nitrogens with zero attached hydrogens (tertiary/aromatic N) is 6. The van der Waals surface area contributed by atoms with Crippen LogP contribution in [0.4, 0.5) is 0 Å². The lowest BCUT2D eigenvalue weighted by molar-refractivity contribution is 0.111. The van der Waals surface area contributed by atoms with Gasteiger partial charge in [-0.25, -0.2) is 14.6 Å². The second-order valence-corrected chi connectivity index (χ2v) is 8.96. The molecule has 1 aliphatic rings. The Morgan fingerprint density at radius 1 is 1.19 bits per heavy atom. The smallest absolute Gasteiger partial charge is 0.228 e. The van der Waals surface area contributed by atoms with Gasteiger partial charge >= 0.3 is 0 Å². The number of hydrogen-bond donors (Lipinski definition) is 0. The van der Waals surface area contributed by atoms with Crippen LogP contribution < -0.4 is 9.47 Å². The van der Waals surface area contributed by atoms with Gasteiger partial charge in [0.25, 0.3) is 0 Å². The van der Waals surface area contributed by atoms with Crippen molar-refractivity contribution in [3.63, 3.8) is 0 Å². The van der Waals surface area contributed by atoms with Gasteiger partial charge in [-0.05, 0) is 58.4 Å². The lowest BCUT2D eigenvalue weighted by Crippen LogP contribution is -2.35. The van der Waals surface area contributed by atoms with E-state index >= 15 is 0 Å². The summed E-state index contributed by atoms with van der Waals surface area (Å²) in [6.45, 7) is 3.50. The number of thioether (sulfide) groups is 1. The molecule has 1 fully saturated rings. The zero-order valence-corrected chi connectivity index (χ0v) is 19.4. The van der Waals surface area contributed by atoms with Gasteiger partial charge in [-0.1, -0.05) is 0 Å². The molecule has 3 heterocycles. The van der Waals surface area contributed by atoms with Crippen LogP contribution in [0.25, 0.3) is 16.7 Å². The van der Waals surface area contributed by atoms with Crippen molar-refractivity contribution in [2.75, 3.05) is 53.6 Å². The number of piperidine rings is 1. The highest BCUT2D eigenvalue weighted by atomic mass is 32.2. The summed E-state index contributed by atoms with van der Waals surface area (Å²) < 4.78 is 14.2. The Hall–Kier alpha value is -2.36. The lowest BCUT2D eigenvalue weighted by atomic mass is 10.1. The van der Waals surface area contributed by atoms with Crippen LogP contribution in [0.2, 0.25) is 0 Å². The quantitative estimate of drug-likeness (QED) is 0.493. The lowest BCUT2D eigenvalue weighted by Gasteiger charge is -2.28. The topological polar surface area (TPSA) is 68.5 Å². The fourth-order valence-corrected chi connectivity index (χ4v) is 4.03. The molecule has 8 nitrogen and oxygen atoms in total. The van der Waals surface area contributed by atoms with Gasteiger partial charge in [-0.3, -0.25) is 0 Å². The van der Waals surface area contributed by atoms with Gasteiger partial charge < -0.3 is 19.3 Å². The summed E-state index contributed by atoms with van der Waals surface area (Å²) >= 11 is 1.69. The number of fused-ring (bicyclic) bond motifs is 1. The van der Waals surface area contributed by atoms with Crippen LogP contribution in [0.1, 0.15) is 12.8 Å². The van der Waals surface area contributed by atoms with Gasteiger partial charge in [0.15, 0.2) is 5.65 Å². The summed E-state index contributed by atoms with van der Waals surface area (Å²) in [5.74, 6) is 1.39. The van der Waals surface area contributed by atoms with Crippen molar-refractivity contribution in [2.45, 2.75) is 23.8 Å². The third-order valence-corrected chi connectivity index (χ3v) is 6.19. The number of benzene rings is 1. The predicted molar refractivity (Wildman–Crippen MR) is 124 cm³/mol. The van der Waals surface area contributed by atoms with E-state index in [4.69, 9.17) is 9.47 Å². The van der Waals surface area contributed by atoms with Crippen LogP contribution in [0.3, 0.4) is 0 Å². The number of ether oxygens (including phenoxy) is 2. The van der Waals surface area contributed by atoms with Crippen LogP contribution >= 0.6 is 11.8 Å². The Morgan fingerprint density at radius 2 is 2.00 bits per heavy atom. The molecule has 31 heavy (non-hydrogen) atoms. The molecular weight excluding hydrogens is 412 g/mol. The number of rotatable bonds is 8. The Balaban J connectivity index is 1.64. The minimum Gasteiger partial charge on any atom is -0.490 e. The van der Waals surface area contributed by atoms with E-state index in [-0.39, 0.29) is 6.10 Å². The molecular formula is C22H30N6O2S. The SMILES string of the molecule is CSc1ccc(-n2ncc3c(OC4CCN(C)CC4)ncnc32)c(OCCN(C)C)c1. The molecule has 0 unspecified atom stereocenters. The minimum atomic E-state index is 0.170. The van der Waals surface area contributed by atoms with Crippen molar-refractivity contribution < 1.29 is 9.47 Å². The van der Waals surface area contributed by atoms with Crippen LogP contribution in [0.15, 0.2) is 35.6 Å². The number of aromatic nitrogens is 4. The first kappa shape index (κ1) is 21.9. The average Bonchev–Trinajstić information content (AvgIpc) is 3.20. The summed E-state index contributed by atoms with van der Waals surface area (Å²) in [5, 5.41) is 5.43. The van der Waals surface area contributed by atoms with Crippen LogP contribution in [-0.4, -0.2) is 89.3 Å². The fraction of sp³-hybridized carbons (Fsp3) is 0.500. The summed E-state index contributed by atoms with van der Waals surface area (Å²) in [5.41, 5.74) is 1.57. The van der Waals surface area contributed by atoms with E-state index in [1.54, 1.807) is 24.3 Å². The van der Waals surface area contributed by atoms with Crippen LogP contribution in [0, 0.1) is 0 Å². The van der Waals surface area contributed by atoms with Gasteiger partial charge in [0.1, 0.15) is 35.9 Å². The van der Waals surface area contributed by atoms with E-state index in [0.717, 1.165) is 54.2 Å². The Labute approximate surface area is 187 Å². The van der Waals surface area contributed by atoms with Crippen molar-refractivity contribution >= 4 is 22.8 Å². The van der Waals surface area contributed by atoms with E-state index in [1.807, 2.05) is 24.8 Å². The highest BCUT2D eigenvalue weighted by Gasteiger charge is 2.21. The van der Waals surface area contributed by atoms with Crippen LogP contribution in [0.5, 0.6) is 11.6 Å². The van der Waals surface area contributed by atoms with E-state index in [9.17, 15) is 0 Å². The highest BCUT2D eigenvalue weighted by molar-refractivity contribution is 7.98. The Bertz CT molecular complexity index is 1020. The molecule has 1 aromatic carbocycles. The zero-order valence-electron chi connectivity index (χ0n) is 18.6. The normalized spacial score (nSPS) is 15.6. The standard InChI is InChI=1S/C22H30N6O2S/c1-26(2)11-12-29-20-13-17(31-4)5-6-19(20)28-21-18(14-25-28)22(24-15-23-21)30-16-7-9-27(3)10-8-16/h5-6,13-16H,7-12H2,1-4H3. The summed E-state index contributed by atoms with van der Waals surface area (Å²) in [6, 6.07) is 6.16. The molecule has 0 amide bonds. The maximum Gasteiger partial charge on any atom is 0.228 e. The molecule has 1 aliphatic heterocycles. The third kappa shape index (κ3) is 5.11. The van der Waals surface area contributed by atoms with Crippen molar-refractivity contribution in [2.24, 2.45) is 0 Å². The van der Waals surface area contributed by atoms with Gasteiger partial charge in [0.05, 0.1) is 6.20 Å². The van der Waals surface area contributed by atoms with Gasteiger partial charge in [0.2, 0.25) is 5.88 Å². The van der Waals surface area contributed by atoms with Crippen LogP contribution in [-0.2, 0) is 0 Å². The van der Waals surface area contributed by atoms with E-state index in [0.29, 0.717) is 18.1 Å². The number of hydrogen-bond acceptors (Lipinski definition) is 8. The van der Waals surface area contributed by atoms with Crippen molar-refractivity contribution in [1.29, 1.82) is 0 Å². The monoisotopic (exact) mass is 442 g/mol. The number of likely N-dealkylation sites (N-methyl/N-ethyl adjacent to an activating group) is 1. The molecule has 1 saturated heterocycles. The largest absolute Gasteiger partial charge is 0.490 e. The first-order valence-corrected chi connectivity index (χ1v) is 11.8. The minimum absolute atomic E-state index is 0.170. The second kappa shape index (κ2) is 9.84. The summed E-state index contributed by atoms with van der Waals surface area (Å²) in [7, 11) is 6.21. The Kier molecular flexibility index (Phi) is 6.94. The fourth-order valence-electron chi connectivity index (χ4n) is 3.60. The zero-order chi connectivity index (χ0) is 21.8. The van der Waals surface area contributed by atoms with E-state index < -0.39 is 0 Å². The van der Waals surface area contributed by atoms with Crippen molar-refractivity contribution in [1.82, 2.24) is 29.5 Å². The van der Waals surface area contributed by atoms with Gasteiger partial charge in [-0.15, -0.1) is 11.8 Å². The molecule has 9 heteroatoms. The molecule has 166 valence electrons. The molecule has 3 aromatic rings. The molecule has 0 saturated carbocycles. The highest BCUT2D eigenvalue weighted by Crippen LogP contribution is 2.32. The average molecular weight is 443 g/mol. The molecule has 4 rings (SSSR count). The van der Waals surface area contributed by atoms with Gasteiger partial charge in [0, 0.05) is 24.5 Å². The molecule has 2 aromatic heterocycles. The predicted octanol–water partition coefficient (Wildman–Crippen LogP) is 2.95. The van der Waals surface area contributed by atoms with Gasteiger partial charge in [-0.2, -0.15) is 5.10 Å². The molecule has 0 aliphatic carbocycles. The second-order valence-electron chi connectivity index (χ2n) is 8.08. The third-order valence-electron chi connectivity index (χ3n) is 5.46. The first-order chi connectivity index (χ1) is 15.0. The summed E-state index contributed by atoms with van der Waals surface area (Å²) in [4.78, 5) is 14.5. The van der Waals surface area contributed by atoms with E-state index in [1.165, 1.54) is 0 Å². The molecule has 0 radical (unpaired) electrons. The van der Waals surface area contributed by atoms with Crippen molar-refractivity contribution in [3.05, 3.63) is 30.7 Å².